The van der Waals surface area contributed by atoms with Crippen LogP contribution in [0.15, 0.2) is 50.2 Å². The Morgan fingerprint density at radius 1 is 1.30 bits per heavy atom. The average molecular weight is 335 g/mol. The molecule has 2 heterocycles. The summed E-state index contributed by atoms with van der Waals surface area (Å²) in [6.07, 6.45) is 1.49. The zero-order chi connectivity index (χ0) is 14.1. The van der Waals surface area contributed by atoms with Crippen LogP contribution in [0.1, 0.15) is 10.4 Å². The Bertz CT molecular complexity index is 778. The fourth-order valence-electron chi connectivity index (χ4n) is 1.69. The number of rotatable bonds is 3. The van der Waals surface area contributed by atoms with Crippen LogP contribution in [0.25, 0.3) is 22.8 Å². The van der Waals surface area contributed by atoms with E-state index in [9.17, 15) is 4.79 Å². The molecule has 0 bridgehead atoms. The molecule has 0 aliphatic heterocycles. The van der Waals surface area contributed by atoms with Crippen molar-refractivity contribution in [1.29, 1.82) is 0 Å². The Balaban J connectivity index is 2.00. The van der Waals surface area contributed by atoms with Crippen molar-refractivity contribution in [3.63, 3.8) is 0 Å². The predicted octanol–water partition coefficient (Wildman–Crippen LogP) is 3.46. The monoisotopic (exact) mass is 334 g/mol. The van der Waals surface area contributed by atoms with Gasteiger partial charge >= 0.3 is 5.97 Å². The van der Waals surface area contributed by atoms with Crippen LogP contribution in [0.3, 0.4) is 0 Å². The molecule has 0 saturated carbocycles. The van der Waals surface area contributed by atoms with E-state index in [4.69, 9.17) is 14.0 Å². The van der Waals surface area contributed by atoms with Crippen LogP contribution in [0.2, 0.25) is 0 Å². The molecule has 20 heavy (non-hydrogen) atoms. The Morgan fingerprint density at radius 3 is 2.85 bits per heavy atom. The molecule has 0 radical (unpaired) electrons. The molecule has 0 fully saturated rings. The molecule has 0 saturated heterocycles. The summed E-state index contributed by atoms with van der Waals surface area (Å²) in [5, 5.41) is 12.8. The summed E-state index contributed by atoms with van der Waals surface area (Å²) in [7, 11) is 0. The number of nitrogens with zero attached hydrogens (tertiary/aromatic N) is 2. The van der Waals surface area contributed by atoms with Crippen LogP contribution in [0.4, 0.5) is 0 Å². The van der Waals surface area contributed by atoms with Gasteiger partial charge < -0.3 is 14.0 Å². The molecule has 3 rings (SSSR count). The number of halogens is 1. The summed E-state index contributed by atoms with van der Waals surface area (Å²) in [5.41, 5.74) is 1.37. The van der Waals surface area contributed by atoms with Crippen LogP contribution in [0.5, 0.6) is 0 Å². The van der Waals surface area contributed by atoms with Crippen molar-refractivity contribution in [2.24, 2.45) is 0 Å². The molecule has 0 atom stereocenters. The number of hydrogen-bond donors (Lipinski definition) is 1. The number of aromatic carboxylic acids is 1. The lowest BCUT2D eigenvalue weighted by molar-refractivity contribution is 0.0697. The first kappa shape index (κ1) is 12.6. The lowest BCUT2D eigenvalue weighted by Gasteiger charge is -1.96. The number of aromatic nitrogens is 2. The van der Waals surface area contributed by atoms with Crippen molar-refractivity contribution in [2.45, 2.75) is 0 Å². The molecule has 7 heteroatoms. The predicted molar refractivity (Wildman–Crippen MR) is 72.1 cm³/mol. The second-order valence-corrected chi connectivity index (χ2v) is 4.64. The summed E-state index contributed by atoms with van der Waals surface area (Å²) in [4.78, 5) is 15.2. The van der Waals surface area contributed by atoms with Crippen LogP contribution in [-0.2, 0) is 0 Å². The first-order valence-corrected chi connectivity index (χ1v) is 6.35. The number of benzene rings is 1. The Labute approximate surface area is 121 Å². The molecular weight excluding hydrogens is 328 g/mol. The molecule has 0 amide bonds. The molecule has 2 aromatic heterocycles. The smallest absolute Gasteiger partial charge is 0.335 e. The van der Waals surface area contributed by atoms with E-state index >= 15 is 0 Å². The molecule has 6 nitrogen and oxygen atoms in total. The molecular formula is C13H7BrN2O4. The van der Waals surface area contributed by atoms with Gasteiger partial charge in [-0.05, 0) is 34.1 Å². The summed E-state index contributed by atoms with van der Waals surface area (Å²) < 4.78 is 10.7. The normalized spacial score (nSPS) is 10.7. The number of carboxylic acids is 1. The molecule has 0 aliphatic rings. The van der Waals surface area contributed by atoms with E-state index in [1.165, 1.54) is 18.4 Å². The van der Waals surface area contributed by atoms with Crippen molar-refractivity contribution in [3.8, 4) is 22.8 Å². The molecule has 1 N–H and O–H groups in total. The molecule has 0 aliphatic carbocycles. The fourth-order valence-corrected chi connectivity index (χ4v) is 2.10. The zero-order valence-corrected chi connectivity index (χ0v) is 11.5. The molecule has 0 unspecified atom stereocenters. The van der Waals surface area contributed by atoms with E-state index in [0.29, 0.717) is 27.5 Å². The average Bonchev–Trinajstić information content (AvgIpc) is 3.07. The van der Waals surface area contributed by atoms with Crippen molar-refractivity contribution >= 4 is 21.9 Å². The standard InChI is InChI=1S/C13H7BrN2O4/c14-10-9(4-5-19-10)12-15-11(16-20-12)7-2-1-3-8(6-7)13(17)18/h1-6H,(H,17,18). The number of carboxylic acid groups (broad SMARTS) is 1. The third-order valence-corrected chi connectivity index (χ3v) is 3.26. The van der Waals surface area contributed by atoms with Gasteiger partial charge in [-0.25, -0.2) is 4.79 Å². The van der Waals surface area contributed by atoms with Gasteiger partial charge in [0.05, 0.1) is 17.4 Å². The maximum absolute atomic E-state index is 10.9. The van der Waals surface area contributed by atoms with Gasteiger partial charge in [0, 0.05) is 5.56 Å². The van der Waals surface area contributed by atoms with Crippen LogP contribution in [0, 0.1) is 0 Å². The van der Waals surface area contributed by atoms with E-state index < -0.39 is 5.97 Å². The maximum Gasteiger partial charge on any atom is 0.335 e. The van der Waals surface area contributed by atoms with E-state index in [-0.39, 0.29) is 5.56 Å². The van der Waals surface area contributed by atoms with Crippen molar-refractivity contribution in [1.82, 2.24) is 10.1 Å². The SMILES string of the molecule is O=C(O)c1cccc(-c2noc(-c3ccoc3Br)n2)c1. The molecule has 0 spiro atoms. The Morgan fingerprint density at radius 2 is 2.15 bits per heavy atom. The lowest BCUT2D eigenvalue weighted by Crippen LogP contribution is -1.96. The summed E-state index contributed by atoms with van der Waals surface area (Å²) in [5.74, 6) is -0.397. The Hall–Kier alpha value is -2.41. The fraction of sp³-hybridized carbons (Fsp3) is 0. The van der Waals surface area contributed by atoms with E-state index in [0.717, 1.165) is 0 Å². The Kier molecular flexibility index (Phi) is 3.11. The highest BCUT2D eigenvalue weighted by molar-refractivity contribution is 9.10. The van der Waals surface area contributed by atoms with Gasteiger partial charge in [0.2, 0.25) is 5.82 Å². The highest BCUT2D eigenvalue weighted by atomic mass is 79.9. The quantitative estimate of drug-likeness (QED) is 0.788. The summed E-state index contributed by atoms with van der Waals surface area (Å²) >= 11 is 3.23. The van der Waals surface area contributed by atoms with E-state index in [1.54, 1.807) is 18.2 Å². The zero-order valence-electron chi connectivity index (χ0n) is 9.91. The minimum Gasteiger partial charge on any atom is -0.478 e. The van der Waals surface area contributed by atoms with Gasteiger partial charge in [-0.1, -0.05) is 17.3 Å². The number of hydrogen-bond acceptors (Lipinski definition) is 5. The summed E-state index contributed by atoms with van der Waals surface area (Å²) in [6, 6.07) is 8.02. The lowest BCUT2D eigenvalue weighted by atomic mass is 10.1. The van der Waals surface area contributed by atoms with Gasteiger partial charge in [0.1, 0.15) is 0 Å². The summed E-state index contributed by atoms with van der Waals surface area (Å²) in [6.45, 7) is 0. The minimum absolute atomic E-state index is 0.165. The highest BCUT2D eigenvalue weighted by Gasteiger charge is 2.15. The van der Waals surface area contributed by atoms with Gasteiger partial charge in [-0.15, -0.1) is 0 Å². The van der Waals surface area contributed by atoms with Gasteiger partial charge in [-0.2, -0.15) is 4.98 Å². The first-order chi connectivity index (χ1) is 9.65. The highest BCUT2D eigenvalue weighted by Crippen LogP contribution is 2.29. The molecule has 3 aromatic rings. The maximum atomic E-state index is 10.9. The van der Waals surface area contributed by atoms with Crippen molar-refractivity contribution in [2.75, 3.05) is 0 Å². The van der Waals surface area contributed by atoms with E-state index in [1.807, 2.05) is 0 Å². The van der Waals surface area contributed by atoms with Crippen LogP contribution >= 0.6 is 15.9 Å². The van der Waals surface area contributed by atoms with Gasteiger partial charge in [-0.3, -0.25) is 0 Å². The molecule has 1 aromatic carbocycles. The van der Waals surface area contributed by atoms with Crippen LogP contribution in [-0.4, -0.2) is 21.2 Å². The second-order valence-electron chi connectivity index (χ2n) is 3.92. The number of furan rings is 1. The van der Waals surface area contributed by atoms with Crippen LogP contribution < -0.4 is 0 Å². The first-order valence-electron chi connectivity index (χ1n) is 5.56. The van der Waals surface area contributed by atoms with Gasteiger partial charge in [0.15, 0.2) is 4.67 Å². The third-order valence-electron chi connectivity index (χ3n) is 2.64. The van der Waals surface area contributed by atoms with Gasteiger partial charge in [0.25, 0.3) is 5.89 Å². The van der Waals surface area contributed by atoms with Crippen molar-refractivity contribution in [3.05, 3.63) is 46.8 Å². The second kappa shape index (κ2) is 4.93. The third kappa shape index (κ3) is 2.23. The number of carbonyl (C=O) groups is 1. The topological polar surface area (TPSA) is 89.4 Å². The van der Waals surface area contributed by atoms with E-state index in [2.05, 4.69) is 26.1 Å². The van der Waals surface area contributed by atoms with Crippen molar-refractivity contribution < 1.29 is 18.8 Å². The minimum atomic E-state index is -1.01. The largest absolute Gasteiger partial charge is 0.478 e. The molecule has 100 valence electrons.